The molecule has 4 N–H and O–H groups in total. The minimum absolute atomic E-state index is 0.0784. The summed E-state index contributed by atoms with van der Waals surface area (Å²) < 4.78 is 0. The average Bonchev–Trinajstić information content (AvgIpc) is 2.87. The lowest BCUT2D eigenvalue weighted by Crippen LogP contribution is -2.58. The first kappa shape index (κ1) is 13.2. The van der Waals surface area contributed by atoms with Crippen molar-refractivity contribution in [3.8, 4) is 0 Å². The molecule has 3 aliphatic rings. The summed E-state index contributed by atoms with van der Waals surface area (Å²) in [6.07, 6.45) is 2.77. The molecular formula is C12H23NO4. The molecule has 0 amide bonds. The van der Waals surface area contributed by atoms with Crippen molar-refractivity contribution in [2.75, 3.05) is 0 Å². The summed E-state index contributed by atoms with van der Waals surface area (Å²) in [5.41, 5.74) is -0.0784. The van der Waals surface area contributed by atoms with E-state index < -0.39 is 11.8 Å². The molecule has 0 aromatic carbocycles. The van der Waals surface area contributed by atoms with Gasteiger partial charge in [-0.1, -0.05) is 20.8 Å². The van der Waals surface area contributed by atoms with Gasteiger partial charge in [0.2, 0.25) is 11.8 Å². The second-order valence-corrected chi connectivity index (χ2v) is 5.52. The Kier molecular flexibility index (Phi) is 2.84. The Labute approximate surface area is 102 Å². The molecule has 1 aliphatic carbocycles. The Hall–Kier alpha value is -0.200. The fraction of sp³-hybridized carbons (Fsp3) is 1.00. The molecule has 17 heavy (non-hydrogen) atoms. The molecule has 2 atom stereocenters. The van der Waals surface area contributed by atoms with Crippen molar-refractivity contribution in [3.63, 3.8) is 0 Å². The minimum Gasteiger partial charge on any atom is -0.353 e. The lowest BCUT2D eigenvalue weighted by molar-refractivity contribution is -0.372. The van der Waals surface area contributed by atoms with Crippen LogP contribution in [0.4, 0.5) is 0 Å². The molecule has 5 heteroatoms. The molecule has 0 bridgehead atoms. The van der Waals surface area contributed by atoms with Gasteiger partial charge in [-0.3, -0.25) is 0 Å². The molecule has 0 aromatic heterocycles. The first-order valence-electron chi connectivity index (χ1n) is 6.49. The largest absolute Gasteiger partial charge is 0.353 e. The number of nitrogens with zero attached hydrogens (tertiary/aromatic N) is 1. The molecule has 2 aliphatic heterocycles. The van der Waals surface area contributed by atoms with Crippen molar-refractivity contribution in [2.45, 2.75) is 64.3 Å². The average molecular weight is 245 g/mol. The van der Waals surface area contributed by atoms with E-state index in [4.69, 9.17) is 0 Å². The summed E-state index contributed by atoms with van der Waals surface area (Å²) >= 11 is 0. The van der Waals surface area contributed by atoms with E-state index in [1.807, 2.05) is 13.8 Å². The standard InChI is InChI=1S/C10H17NO4.C2H6/c1-6-4-7-8(2-3-8)5-9(12,13)11(7)10(6,14)15;1-2/h6-7,12-15H,2-5H2,1H3;1-2H3. The maximum atomic E-state index is 9.89. The number of aliphatic hydroxyl groups is 4. The van der Waals surface area contributed by atoms with Crippen LogP contribution in [0.3, 0.4) is 0 Å². The third kappa shape index (κ3) is 1.64. The van der Waals surface area contributed by atoms with Gasteiger partial charge in [-0.25, -0.2) is 0 Å². The molecule has 0 aromatic rings. The summed E-state index contributed by atoms with van der Waals surface area (Å²) in [5, 5.41) is 39.5. The second-order valence-electron chi connectivity index (χ2n) is 5.52. The number of fused-ring (bicyclic) bond motifs is 2. The van der Waals surface area contributed by atoms with Crippen LogP contribution in [0.15, 0.2) is 0 Å². The Balaban J connectivity index is 0.000000514. The molecule has 0 radical (unpaired) electrons. The van der Waals surface area contributed by atoms with Crippen LogP contribution in [0.1, 0.15) is 46.5 Å². The highest BCUT2D eigenvalue weighted by molar-refractivity contribution is 5.16. The van der Waals surface area contributed by atoms with Crippen LogP contribution in [-0.4, -0.2) is 43.2 Å². The molecule has 2 heterocycles. The molecule has 2 saturated heterocycles. The topological polar surface area (TPSA) is 84.2 Å². The van der Waals surface area contributed by atoms with Crippen LogP contribution >= 0.6 is 0 Å². The van der Waals surface area contributed by atoms with Gasteiger partial charge in [-0.05, 0) is 24.7 Å². The third-order valence-electron chi connectivity index (χ3n) is 4.48. The van der Waals surface area contributed by atoms with Crippen LogP contribution in [-0.2, 0) is 0 Å². The molecule has 2 unspecified atom stereocenters. The quantitative estimate of drug-likeness (QED) is 0.458. The van der Waals surface area contributed by atoms with E-state index in [1.165, 1.54) is 0 Å². The van der Waals surface area contributed by atoms with Gasteiger partial charge < -0.3 is 20.4 Å². The molecule has 1 spiro atoms. The van der Waals surface area contributed by atoms with Crippen molar-refractivity contribution < 1.29 is 20.4 Å². The summed E-state index contributed by atoms with van der Waals surface area (Å²) in [6.45, 7) is 5.73. The molecule has 100 valence electrons. The van der Waals surface area contributed by atoms with E-state index >= 15 is 0 Å². The fourth-order valence-corrected chi connectivity index (χ4v) is 3.45. The SMILES string of the molecule is CC.CC1CC2N(C(O)(O)CC23CC3)C1(O)O. The Morgan fingerprint density at radius 1 is 1.06 bits per heavy atom. The predicted octanol–water partition coefficient (Wildman–Crippen LogP) is 0.184. The van der Waals surface area contributed by atoms with Crippen molar-refractivity contribution in [2.24, 2.45) is 11.3 Å². The molecule has 3 fully saturated rings. The summed E-state index contributed by atoms with van der Waals surface area (Å²) in [7, 11) is 0. The lowest BCUT2D eigenvalue weighted by Gasteiger charge is -2.37. The van der Waals surface area contributed by atoms with E-state index in [0.717, 1.165) is 17.7 Å². The highest BCUT2D eigenvalue weighted by atomic mass is 16.6. The molecular weight excluding hydrogens is 222 g/mol. The summed E-state index contributed by atoms with van der Waals surface area (Å²) in [5.74, 6) is -4.49. The predicted molar refractivity (Wildman–Crippen MR) is 61.4 cm³/mol. The summed E-state index contributed by atoms with van der Waals surface area (Å²) in [6, 6.07) is -0.0995. The molecule has 1 saturated carbocycles. The van der Waals surface area contributed by atoms with E-state index in [9.17, 15) is 20.4 Å². The van der Waals surface area contributed by atoms with Gasteiger partial charge in [0, 0.05) is 18.4 Å². The first-order chi connectivity index (χ1) is 7.80. The maximum Gasteiger partial charge on any atom is 0.232 e. The monoisotopic (exact) mass is 245 g/mol. The fourth-order valence-electron chi connectivity index (χ4n) is 3.45. The number of hydrogen-bond donors (Lipinski definition) is 4. The zero-order valence-electron chi connectivity index (χ0n) is 10.7. The van der Waals surface area contributed by atoms with Crippen LogP contribution in [0.2, 0.25) is 0 Å². The van der Waals surface area contributed by atoms with E-state index in [-0.39, 0.29) is 23.8 Å². The molecule has 3 rings (SSSR count). The van der Waals surface area contributed by atoms with Crippen LogP contribution in [0.5, 0.6) is 0 Å². The third-order valence-corrected chi connectivity index (χ3v) is 4.48. The smallest absolute Gasteiger partial charge is 0.232 e. The molecule has 5 nitrogen and oxygen atoms in total. The van der Waals surface area contributed by atoms with Crippen LogP contribution in [0, 0.1) is 11.3 Å². The Morgan fingerprint density at radius 3 is 2.06 bits per heavy atom. The van der Waals surface area contributed by atoms with Crippen LogP contribution < -0.4 is 0 Å². The van der Waals surface area contributed by atoms with Gasteiger partial charge >= 0.3 is 0 Å². The van der Waals surface area contributed by atoms with Gasteiger partial charge in [0.25, 0.3) is 0 Å². The highest BCUT2D eigenvalue weighted by Crippen LogP contribution is 2.66. The zero-order valence-corrected chi connectivity index (χ0v) is 10.7. The summed E-state index contributed by atoms with van der Waals surface area (Å²) in [4.78, 5) is 1.09. The number of rotatable bonds is 0. The van der Waals surface area contributed by atoms with E-state index in [2.05, 4.69) is 0 Å². The zero-order chi connectivity index (χ0) is 13.1. The van der Waals surface area contributed by atoms with Crippen molar-refractivity contribution >= 4 is 0 Å². The Morgan fingerprint density at radius 2 is 1.59 bits per heavy atom. The van der Waals surface area contributed by atoms with E-state index in [0.29, 0.717) is 6.42 Å². The van der Waals surface area contributed by atoms with Crippen molar-refractivity contribution in [1.82, 2.24) is 4.90 Å². The highest BCUT2D eigenvalue weighted by Gasteiger charge is 2.72. The number of hydrogen-bond acceptors (Lipinski definition) is 5. The van der Waals surface area contributed by atoms with Gasteiger partial charge in [-0.15, -0.1) is 0 Å². The Bertz CT molecular complexity index is 312. The lowest BCUT2D eigenvalue weighted by atomic mass is 9.91. The van der Waals surface area contributed by atoms with Gasteiger partial charge in [-0.2, -0.15) is 4.90 Å². The van der Waals surface area contributed by atoms with Gasteiger partial charge in [0.1, 0.15) is 0 Å². The normalized spacial score (nSPS) is 39.7. The van der Waals surface area contributed by atoms with E-state index in [1.54, 1.807) is 6.92 Å². The van der Waals surface area contributed by atoms with Gasteiger partial charge in [0.05, 0.1) is 0 Å². The minimum atomic E-state index is -2.08. The van der Waals surface area contributed by atoms with Crippen LogP contribution in [0.25, 0.3) is 0 Å². The van der Waals surface area contributed by atoms with Gasteiger partial charge in [0.15, 0.2) is 0 Å². The van der Waals surface area contributed by atoms with Crippen molar-refractivity contribution in [1.29, 1.82) is 0 Å². The maximum absolute atomic E-state index is 9.89. The first-order valence-corrected chi connectivity index (χ1v) is 6.49. The second kappa shape index (κ2) is 3.65. The van der Waals surface area contributed by atoms with Crippen molar-refractivity contribution in [3.05, 3.63) is 0 Å².